The predicted octanol–water partition coefficient (Wildman–Crippen LogP) is 3.48. The second kappa shape index (κ2) is 5.42. The van der Waals surface area contributed by atoms with E-state index in [1.54, 1.807) is 4.90 Å². The standard InChI is InChI=1S/C17H15NO3S/c1-10-9-15(19)21-16-11(10)7-8-12-13(16)5-4-6-14(12)20-17(22)18(2)3/h4-9H,1-3H3. The number of ether oxygens (including phenoxy) is 1. The lowest BCUT2D eigenvalue weighted by Gasteiger charge is -2.15. The first-order valence-electron chi connectivity index (χ1n) is 6.82. The van der Waals surface area contributed by atoms with E-state index in [-0.39, 0.29) is 5.63 Å². The van der Waals surface area contributed by atoms with Gasteiger partial charge in [0.25, 0.3) is 5.17 Å². The van der Waals surface area contributed by atoms with Crippen LogP contribution in [0.1, 0.15) is 5.56 Å². The number of benzene rings is 2. The van der Waals surface area contributed by atoms with E-state index in [4.69, 9.17) is 21.4 Å². The lowest BCUT2D eigenvalue weighted by Crippen LogP contribution is -2.25. The Bertz CT molecular complexity index is 944. The molecule has 22 heavy (non-hydrogen) atoms. The van der Waals surface area contributed by atoms with Crippen molar-refractivity contribution in [3.63, 3.8) is 0 Å². The van der Waals surface area contributed by atoms with Gasteiger partial charge in [-0.1, -0.05) is 18.2 Å². The molecule has 0 amide bonds. The van der Waals surface area contributed by atoms with Gasteiger partial charge in [0.1, 0.15) is 11.3 Å². The Balaban J connectivity index is 2.28. The van der Waals surface area contributed by atoms with Gasteiger partial charge in [0.15, 0.2) is 0 Å². The summed E-state index contributed by atoms with van der Waals surface area (Å²) in [4.78, 5) is 13.4. The van der Waals surface area contributed by atoms with Crippen LogP contribution in [0.15, 0.2) is 45.6 Å². The Morgan fingerprint density at radius 2 is 1.86 bits per heavy atom. The van der Waals surface area contributed by atoms with E-state index in [1.807, 2.05) is 51.4 Å². The summed E-state index contributed by atoms with van der Waals surface area (Å²) in [5.41, 5.74) is 1.11. The number of fused-ring (bicyclic) bond motifs is 3. The first-order valence-corrected chi connectivity index (χ1v) is 7.23. The molecular weight excluding hydrogens is 298 g/mol. The molecule has 0 aliphatic heterocycles. The van der Waals surface area contributed by atoms with E-state index in [0.29, 0.717) is 16.5 Å². The van der Waals surface area contributed by atoms with Crippen LogP contribution in [0.5, 0.6) is 5.75 Å². The van der Waals surface area contributed by atoms with Gasteiger partial charge in [-0.25, -0.2) is 4.79 Å². The van der Waals surface area contributed by atoms with Crippen LogP contribution in [-0.2, 0) is 0 Å². The minimum absolute atomic E-state index is 0.354. The molecule has 112 valence electrons. The molecule has 1 aromatic heterocycles. The largest absolute Gasteiger partial charge is 0.431 e. The zero-order chi connectivity index (χ0) is 15.9. The fraction of sp³-hybridized carbons (Fsp3) is 0.176. The molecule has 0 aliphatic carbocycles. The summed E-state index contributed by atoms with van der Waals surface area (Å²) in [5, 5.41) is 2.98. The van der Waals surface area contributed by atoms with Crippen molar-refractivity contribution in [3.8, 4) is 5.75 Å². The van der Waals surface area contributed by atoms with E-state index in [0.717, 1.165) is 21.7 Å². The smallest absolute Gasteiger partial charge is 0.336 e. The maximum Gasteiger partial charge on any atom is 0.336 e. The first-order chi connectivity index (χ1) is 10.5. The van der Waals surface area contributed by atoms with Crippen molar-refractivity contribution in [2.24, 2.45) is 0 Å². The number of thiocarbonyl (C=S) groups is 1. The third kappa shape index (κ3) is 2.44. The molecule has 0 saturated heterocycles. The second-order valence-electron chi connectivity index (χ2n) is 5.30. The molecule has 0 atom stereocenters. The van der Waals surface area contributed by atoms with Gasteiger partial charge in [-0.05, 0) is 36.8 Å². The van der Waals surface area contributed by atoms with Gasteiger partial charge in [0, 0.05) is 36.3 Å². The maximum atomic E-state index is 11.7. The van der Waals surface area contributed by atoms with E-state index >= 15 is 0 Å². The van der Waals surface area contributed by atoms with E-state index < -0.39 is 0 Å². The molecule has 0 fully saturated rings. The summed E-state index contributed by atoms with van der Waals surface area (Å²) in [6.07, 6.45) is 0. The Morgan fingerprint density at radius 3 is 2.59 bits per heavy atom. The van der Waals surface area contributed by atoms with Gasteiger partial charge in [-0.3, -0.25) is 0 Å². The van der Waals surface area contributed by atoms with Crippen LogP contribution in [0.3, 0.4) is 0 Å². The Labute approximate surface area is 132 Å². The van der Waals surface area contributed by atoms with Crippen molar-refractivity contribution < 1.29 is 9.15 Å². The molecular formula is C17H15NO3S. The Morgan fingerprint density at radius 1 is 1.14 bits per heavy atom. The summed E-state index contributed by atoms with van der Waals surface area (Å²) in [5.74, 6) is 0.641. The average Bonchev–Trinajstić information content (AvgIpc) is 2.47. The molecule has 0 N–H and O–H groups in total. The molecule has 0 unspecified atom stereocenters. The molecule has 1 heterocycles. The predicted molar refractivity (Wildman–Crippen MR) is 91.6 cm³/mol. The molecule has 3 rings (SSSR count). The Hall–Kier alpha value is -2.40. The first kappa shape index (κ1) is 14.5. The lowest BCUT2D eigenvalue weighted by atomic mass is 10.0. The van der Waals surface area contributed by atoms with E-state index in [1.165, 1.54) is 6.07 Å². The van der Waals surface area contributed by atoms with Crippen molar-refractivity contribution in [1.29, 1.82) is 0 Å². The minimum Gasteiger partial charge on any atom is -0.431 e. The van der Waals surface area contributed by atoms with Crippen LogP contribution >= 0.6 is 12.2 Å². The van der Waals surface area contributed by atoms with Crippen molar-refractivity contribution in [1.82, 2.24) is 4.90 Å². The molecule has 3 aromatic rings. The highest BCUT2D eigenvalue weighted by molar-refractivity contribution is 7.80. The van der Waals surface area contributed by atoms with Gasteiger partial charge in [0.05, 0.1) is 0 Å². The van der Waals surface area contributed by atoms with Gasteiger partial charge in [0.2, 0.25) is 0 Å². The van der Waals surface area contributed by atoms with Crippen molar-refractivity contribution in [2.75, 3.05) is 14.1 Å². The van der Waals surface area contributed by atoms with Gasteiger partial charge in [-0.15, -0.1) is 0 Å². The highest BCUT2D eigenvalue weighted by Gasteiger charge is 2.11. The van der Waals surface area contributed by atoms with Gasteiger partial charge >= 0.3 is 5.63 Å². The molecule has 2 aromatic carbocycles. The number of hydrogen-bond acceptors (Lipinski definition) is 4. The number of hydrogen-bond donors (Lipinski definition) is 0. The van der Waals surface area contributed by atoms with Crippen LogP contribution in [0.2, 0.25) is 0 Å². The minimum atomic E-state index is -0.354. The summed E-state index contributed by atoms with van der Waals surface area (Å²) < 4.78 is 11.1. The Kier molecular flexibility index (Phi) is 3.58. The SMILES string of the molecule is Cc1cc(=O)oc2c1ccc1c(OC(=S)N(C)C)cccc12. The number of aryl methyl sites for hydroxylation is 1. The highest BCUT2D eigenvalue weighted by atomic mass is 32.1. The van der Waals surface area contributed by atoms with Crippen LogP contribution in [0.25, 0.3) is 21.7 Å². The summed E-state index contributed by atoms with van der Waals surface area (Å²) in [7, 11) is 3.65. The third-order valence-electron chi connectivity index (χ3n) is 3.50. The second-order valence-corrected chi connectivity index (χ2v) is 5.65. The van der Waals surface area contributed by atoms with Crippen LogP contribution in [-0.4, -0.2) is 24.2 Å². The van der Waals surface area contributed by atoms with Crippen molar-refractivity contribution >= 4 is 39.1 Å². The molecule has 5 heteroatoms. The molecule has 0 radical (unpaired) electrons. The maximum absolute atomic E-state index is 11.7. The normalized spacial score (nSPS) is 10.9. The highest BCUT2D eigenvalue weighted by Crippen LogP contribution is 2.32. The van der Waals surface area contributed by atoms with Gasteiger partial charge < -0.3 is 14.1 Å². The third-order valence-corrected chi connectivity index (χ3v) is 3.94. The van der Waals surface area contributed by atoms with E-state index in [9.17, 15) is 4.79 Å². The lowest BCUT2D eigenvalue weighted by molar-refractivity contribution is 0.453. The molecule has 0 saturated carbocycles. The fourth-order valence-electron chi connectivity index (χ4n) is 2.38. The average molecular weight is 313 g/mol. The monoisotopic (exact) mass is 313 g/mol. The van der Waals surface area contributed by atoms with Crippen molar-refractivity contribution in [3.05, 3.63) is 52.4 Å². The molecule has 0 spiro atoms. The van der Waals surface area contributed by atoms with Crippen LogP contribution in [0.4, 0.5) is 0 Å². The van der Waals surface area contributed by atoms with Gasteiger partial charge in [-0.2, -0.15) is 0 Å². The molecule has 4 nitrogen and oxygen atoms in total. The van der Waals surface area contributed by atoms with Crippen LogP contribution < -0.4 is 10.4 Å². The fourth-order valence-corrected chi connectivity index (χ4v) is 2.47. The topological polar surface area (TPSA) is 42.7 Å². The van der Waals surface area contributed by atoms with E-state index in [2.05, 4.69) is 0 Å². The zero-order valence-electron chi connectivity index (χ0n) is 12.5. The van der Waals surface area contributed by atoms with Crippen molar-refractivity contribution in [2.45, 2.75) is 6.92 Å². The molecule has 0 bridgehead atoms. The summed E-state index contributed by atoms with van der Waals surface area (Å²) in [6.45, 7) is 1.90. The van der Waals surface area contributed by atoms with Crippen LogP contribution in [0, 0.1) is 6.92 Å². The quantitative estimate of drug-likeness (QED) is 0.391. The summed E-state index contributed by atoms with van der Waals surface area (Å²) in [6, 6.07) is 11.0. The number of rotatable bonds is 1. The summed E-state index contributed by atoms with van der Waals surface area (Å²) >= 11 is 5.19. The number of nitrogens with zero attached hydrogens (tertiary/aromatic N) is 1. The zero-order valence-corrected chi connectivity index (χ0v) is 13.4. The molecule has 0 aliphatic rings.